The second kappa shape index (κ2) is 8.59. The van der Waals surface area contributed by atoms with Crippen molar-refractivity contribution in [2.45, 2.75) is 12.8 Å². The van der Waals surface area contributed by atoms with Gasteiger partial charge < -0.3 is 14.2 Å². The predicted octanol–water partition coefficient (Wildman–Crippen LogP) is 3.73. The lowest BCUT2D eigenvalue weighted by molar-refractivity contribution is -0.154. The van der Waals surface area contributed by atoms with Gasteiger partial charge in [-0.25, -0.2) is 0 Å². The van der Waals surface area contributed by atoms with Crippen LogP contribution in [0.15, 0.2) is 42.5 Å². The molecule has 3 aromatic rings. The number of rotatable bonds is 5. The van der Waals surface area contributed by atoms with Crippen LogP contribution < -0.4 is 4.74 Å². The van der Waals surface area contributed by atoms with Gasteiger partial charge in [0.2, 0.25) is 0 Å². The van der Waals surface area contributed by atoms with Crippen LogP contribution in [0.5, 0.6) is 5.75 Å². The van der Waals surface area contributed by atoms with Gasteiger partial charge in [-0.2, -0.15) is 0 Å². The molecule has 3 rings (SSSR count). The number of benzene rings is 2. The quantitative estimate of drug-likeness (QED) is 0.454. The predicted molar refractivity (Wildman–Crippen MR) is 111 cm³/mol. The van der Waals surface area contributed by atoms with Crippen LogP contribution in [-0.4, -0.2) is 43.7 Å². The molecule has 2 aromatic carbocycles. The van der Waals surface area contributed by atoms with Crippen LogP contribution in [0.1, 0.15) is 27.5 Å². The van der Waals surface area contributed by atoms with Crippen LogP contribution in [0.4, 0.5) is 0 Å². The zero-order chi connectivity index (χ0) is 22.0. The number of halogens is 1. The summed E-state index contributed by atoms with van der Waals surface area (Å²) in [5, 5.41) is 1.01. The summed E-state index contributed by atoms with van der Waals surface area (Å²) in [4.78, 5) is 38.3. The van der Waals surface area contributed by atoms with Gasteiger partial charge in [0, 0.05) is 27.2 Å². The third-order valence-corrected chi connectivity index (χ3v) is 5.17. The molecule has 8 heteroatoms. The van der Waals surface area contributed by atoms with Crippen molar-refractivity contribution in [1.29, 1.82) is 0 Å². The lowest BCUT2D eigenvalue weighted by Gasteiger charge is -2.14. The number of hydrogen-bond donors (Lipinski definition) is 0. The molecule has 0 saturated carbocycles. The Morgan fingerprint density at radius 1 is 0.933 bits per heavy atom. The van der Waals surface area contributed by atoms with Crippen LogP contribution >= 0.6 is 11.6 Å². The van der Waals surface area contributed by atoms with Crippen LogP contribution in [0, 0.1) is 6.92 Å². The minimum absolute atomic E-state index is 0.324. The fourth-order valence-corrected chi connectivity index (χ4v) is 3.59. The van der Waals surface area contributed by atoms with Crippen molar-refractivity contribution in [2.75, 3.05) is 21.3 Å². The van der Waals surface area contributed by atoms with Gasteiger partial charge in [0.25, 0.3) is 5.91 Å². The number of fused-ring (bicyclic) bond motifs is 1. The van der Waals surface area contributed by atoms with E-state index in [9.17, 15) is 14.4 Å². The van der Waals surface area contributed by atoms with Crippen LogP contribution in [0.3, 0.4) is 0 Å². The molecule has 1 aromatic heterocycles. The highest BCUT2D eigenvalue weighted by Crippen LogP contribution is 2.36. The number of nitrogens with zero attached hydrogens (tertiary/aromatic N) is 1. The van der Waals surface area contributed by atoms with Crippen molar-refractivity contribution in [2.24, 2.45) is 0 Å². The van der Waals surface area contributed by atoms with Crippen molar-refractivity contribution in [3.8, 4) is 5.75 Å². The smallest absolute Gasteiger partial charge is 0.324 e. The summed E-state index contributed by atoms with van der Waals surface area (Å²) in [7, 11) is 3.88. The average Bonchev–Trinajstić information content (AvgIpc) is 3.04. The minimum Gasteiger partial charge on any atom is -0.497 e. The first-order valence-electron chi connectivity index (χ1n) is 8.98. The Bertz CT molecular complexity index is 1120. The van der Waals surface area contributed by atoms with Gasteiger partial charge in [-0.1, -0.05) is 11.6 Å². The average molecular weight is 430 g/mol. The first kappa shape index (κ1) is 21.4. The van der Waals surface area contributed by atoms with E-state index in [0.717, 1.165) is 0 Å². The lowest BCUT2D eigenvalue weighted by Crippen LogP contribution is -2.25. The SMILES string of the molecule is COC(=O)C(C(=O)OC)c1c(C)n(C(=O)c2ccc(Cl)cc2)c2ccc(OC)cc12. The Morgan fingerprint density at radius 2 is 1.53 bits per heavy atom. The molecule has 0 fully saturated rings. The molecule has 156 valence electrons. The first-order valence-corrected chi connectivity index (χ1v) is 9.36. The maximum Gasteiger partial charge on any atom is 0.324 e. The molecule has 0 amide bonds. The molecular formula is C22H20ClNO6. The number of methoxy groups -OCH3 is 3. The van der Waals surface area contributed by atoms with Gasteiger partial charge in [-0.15, -0.1) is 0 Å². The molecule has 0 saturated heterocycles. The van der Waals surface area contributed by atoms with E-state index in [0.29, 0.717) is 38.5 Å². The molecule has 0 aliphatic heterocycles. The molecule has 0 spiro atoms. The summed E-state index contributed by atoms with van der Waals surface area (Å²) in [5.74, 6) is -2.75. The molecule has 0 aliphatic carbocycles. The maximum absolute atomic E-state index is 13.3. The zero-order valence-electron chi connectivity index (χ0n) is 16.9. The van der Waals surface area contributed by atoms with E-state index in [4.69, 9.17) is 25.8 Å². The number of carbonyl (C=O) groups is 3. The largest absolute Gasteiger partial charge is 0.497 e. The van der Waals surface area contributed by atoms with Crippen LogP contribution in [-0.2, 0) is 19.1 Å². The van der Waals surface area contributed by atoms with Crippen molar-refractivity contribution in [3.05, 3.63) is 64.3 Å². The summed E-state index contributed by atoms with van der Waals surface area (Å²) < 4.78 is 16.4. The van der Waals surface area contributed by atoms with E-state index >= 15 is 0 Å². The number of esters is 2. The van der Waals surface area contributed by atoms with E-state index in [1.54, 1.807) is 49.4 Å². The third-order valence-electron chi connectivity index (χ3n) is 4.92. The Kier molecular flexibility index (Phi) is 6.12. The second-order valence-corrected chi connectivity index (χ2v) is 6.95. The number of ether oxygens (including phenoxy) is 3. The normalized spacial score (nSPS) is 10.9. The van der Waals surface area contributed by atoms with E-state index < -0.39 is 17.9 Å². The molecule has 7 nitrogen and oxygen atoms in total. The number of carbonyl (C=O) groups excluding carboxylic acids is 3. The highest BCUT2D eigenvalue weighted by molar-refractivity contribution is 6.30. The van der Waals surface area contributed by atoms with E-state index in [-0.39, 0.29) is 5.91 Å². The van der Waals surface area contributed by atoms with Crippen LogP contribution in [0.25, 0.3) is 10.9 Å². The van der Waals surface area contributed by atoms with E-state index in [1.165, 1.54) is 25.9 Å². The van der Waals surface area contributed by atoms with Crippen molar-refractivity contribution in [1.82, 2.24) is 4.57 Å². The molecule has 0 radical (unpaired) electrons. The summed E-state index contributed by atoms with van der Waals surface area (Å²) in [6.45, 7) is 1.66. The summed E-state index contributed by atoms with van der Waals surface area (Å²) >= 11 is 5.93. The summed E-state index contributed by atoms with van der Waals surface area (Å²) in [6.07, 6.45) is 0. The van der Waals surface area contributed by atoms with Gasteiger partial charge in [0.1, 0.15) is 5.75 Å². The number of aromatic nitrogens is 1. The van der Waals surface area contributed by atoms with Crippen molar-refractivity contribution in [3.63, 3.8) is 0 Å². The van der Waals surface area contributed by atoms with E-state index in [1.807, 2.05) is 0 Å². The minimum atomic E-state index is -1.35. The number of hydrogen-bond acceptors (Lipinski definition) is 6. The highest BCUT2D eigenvalue weighted by Gasteiger charge is 2.36. The molecular weight excluding hydrogens is 410 g/mol. The van der Waals surface area contributed by atoms with Crippen LogP contribution in [0.2, 0.25) is 5.02 Å². The summed E-state index contributed by atoms with van der Waals surface area (Å²) in [6, 6.07) is 11.5. The second-order valence-electron chi connectivity index (χ2n) is 6.51. The van der Waals surface area contributed by atoms with Gasteiger partial charge in [0.05, 0.1) is 26.8 Å². The fourth-order valence-electron chi connectivity index (χ4n) is 3.46. The van der Waals surface area contributed by atoms with Crippen molar-refractivity contribution >= 4 is 40.3 Å². The molecule has 0 N–H and O–H groups in total. The van der Waals surface area contributed by atoms with Gasteiger partial charge in [-0.05, 0) is 49.4 Å². The topological polar surface area (TPSA) is 83.8 Å². The Hall–Kier alpha value is -3.32. The molecule has 30 heavy (non-hydrogen) atoms. The fraction of sp³-hybridized carbons (Fsp3) is 0.227. The summed E-state index contributed by atoms with van der Waals surface area (Å²) in [5.41, 5.74) is 1.65. The Labute approximate surface area is 178 Å². The lowest BCUT2D eigenvalue weighted by atomic mass is 9.96. The molecule has 0 aliphatic rings. The maximum atomic E-state index is 13.3. The van der Waals surface area contributed by atoms with Gasteiger partial charge in [0.15, 0.2) is 5.92 Å². The highest BCUT2D eigenvalue weighted by atomic mass is 35.5. The monoisotopic (exact) mass is 429 g/mol. The molecule has 0 atom stereocenters. The Morgan fingerprint density at radius 3 is 2.07 bits per heavy atom. The van der Waals surface area contributed by atoms with E-state index in [2.05, 4.69) is 0 Å². The first-order chi connectivity index (χ1) is 14.3. The third kappa shape index (κ3) is 3.64. The molecule has 0 bridgehead atoms. The standard InChI is InChI=1S/C22H20ClNO6/c1-12-18(19(21(26)29-3)22(27)30-4)16-11-15(28-2)9-10-17(16)24(12)20(25)13-5-7-14(23)8-6-13/h5-11,19H,1-4H3. The van der Waals surface area contributed by atoms with Gasteiger partial charge >= 0.3 is 11.9 Å². The van der Waals surface area contributed by atoms with Crippen molar-refractivity contribution < 1.29 is 28.6 Å². The molecule has 0 unspecified atom stereocenters. The van der Waals surface area contributed by atoms with Gasteiger partial charge in [-0.3, -0.25) is 19.0 Å². The zero-order valence-corrected chi connectivity index (χ0v) is 17.6. The Balaban J connectivity index is 2.33. The molecule has 1 heterocycles.